The molecule has 1 aromatic carbocycles. The van der Waals surface area contributed by atoms with Crippen molar-refractivity contribution in [2.75, 3.05) is 6.26 Å². The summed E-state index contributed by atoms with van der Waals surface area (Å²) in [5, 5.41) is 2.35. The number of carbonyl (C=O) groups excluding carboxylic acids is 1. The van der Waals surface area contributed by atoms with E-state index in [-0.39, 0.29) is 23.6 Å². The van der Waals surface area contributed by atoms with Crippen LogP contribution in [0.1, 0.15) is 22.3 Å². The molecule has 0 saturated carbocycles. The number of hydrogen-bond acceptors (Lipinski definition) is 6. The van der Waals surface area contributed by atoms with Crippen LogP contribution < -0.4 is 14.8 Å². The van der Waals surface area contributed by atoms with E-state index in [1.165, 1.54) is 18.2 Å². The van der Waals surface area contributed by atoms with E-state index in [1.807, 2.05) is 0 Å². The Morgan fingerprint density at radius 3 is 2.31 bits per heavy atom. The number of amides is 1. The highest BCUT2D eigenvalue weighted by molar-refractivity contribution is 7.89. The van der Waals surface area contributed by atoms with Gasteiger partial charge in [-0.05, 0) is 42.5 Å². The number of carbonyl (C=O) groups is 1. The third-order valence-corrected chi connectivity index (χ3v) is 4.78. The Hall–Kier alpha value is -3.88. The summed E-state index contributed by atoms with van der Waals surface area (Å²) in [6, 6.07) is 4.35. The van der Waals surface area contributed by atoms with Crippen molar-refractivity contribution in [3.63, 3.8) is 0 Å². The van der Waals surface area contributed by atoms with Gasteiger partial charge in [-0.25, -0.2) is 13.4 Å². The minimum Gasteiger partial charge on any atom is -0.438 e. The van der Waals surface area contributed by atoms with Crippen molar-refractivity contribution in [2.24, 2.45) is 4.40 Å². The Labute approximate surface area is 200 Å². The monoisotopic (exact) mass is 535 g/mol. The lowest BCUT2D eigenvalue weighted by atomic mass is 10.1. The van der Waals surface area contributed by atoms with Crippen molar-refractivity contribution in [3.05, 3.63) is 71.6 Å². The largest absolute Gasteiger partial charge is 0.573 e. The number of sulfonamides is 1. The first-order valence-electron chi connectivity index (χ1n) is 9.67. The number of aromatic nitrogens is 1. The van der Waals surface area contributed by atoms with Gasteiger partial charge in [-0.1, -0.05) is 6.08 Å². The summed E-state index contributed by atoms with van der Waals surface area (Å²) in [6.45, 7) is 0. The van der Waals surface area contributed by atoms with E-state index < -0.39 is 51.2 Å². The van der Waals surface area contributed by atoms with E-state index in [9.17, 15) is 39.6 Å². The van der Waals surface area contributed by atoms with Crippen LogP contribution in [0.2, 0.25) is 0 Å². The molecule has 0 aliphatic heterocycles. The lowest BCUT2D eigenvalue weighted by molar-refractivity contribution is -0.274. The number of allylic oxidation sites excluding steroid dienone is 4. The number of rotatable bonds is 6. The quantitative estimate of drug-likeness (QED) is 0.535. The van der Waals surface area contributed by atoms with Gasteiger partial charge in [0.05, 0.1) is 17.5 Å². The molecule has 1 N–H and O–H groups in total. The SMILES string of the molecule is CS(=O)(=O)N=C1C=CC=C(NC(=O)c2cc(C(F)(F)F)cnc2Oc2ccc(OC(F)(F)F)cc2)C1. The lowest BCUT2D eigenvalue weighted by Gasteiger charge is -2.16. The standard InChI is InChI=1S/C21H15F6N3O5S/c1-36(32,33)30-14-4-2-3-13(10-14)29-18(31)17-9-12(20(22,23)24)11-28-19(17)34-15-5-7-16(8-6-15)35-21(25,26)27/h2-9,11H,10H2,1H3,(H,29,31). The molecule has 36 heavy (non-hydrogen) atoms. The van der Waals surface area contributed by atoms with Gasteiger partial charge in [0.1, 0.15) is 17.1 Å². The fourth-order valence-corrected chi connectivity index (χ4v) is 3.39. The number of pyridine rings is 1. The molecule has 1 aromatic heterocycles. The van der Waals surface area contributed by atoms with Gasteiger partial charge in [0.2, 0.25) is 15.9 Å². The maximum absolute atomic E-state index is 13.2. The van der Waals surface area contributed by atoms with Crippen molar-refractivity contribution in [1.29, 1.82) is 0 Å². The van der Waals surface area contributed by atoms with Crippen molar-refractivity contribution in [2.45, 2.75) is 19.0 Å². The summed E-state index contributed by atoms with van der Waals surface area (Å²) in [5.74, 6) is -2.35. The Morgan fingerprint density at radius 1 is 1.08 bits per heavy atom. The summed E-state index contributed by atoms with van der Waals surface area (Å²) in [7, 11) is -3.73. The van der Waals surface area contributed by atoms with Gasteiger partial charge >= 0.3 is 12.5 Å². The molecule has 0 unspecified atom stereocenters. The van der Waals surface area contributed by atoms with Crippen LogP contribution in [0.25, 0.3) is 0 Å². The first-order valence-corrected chi connectivity index (χ1v) is 11.5. The maximum atomic E-state index is 13.2. The predicted molar refractivity (Wildman–Crippen MR) is 114 cm³/mol. The van der Waals surface area contributed by atoms with Crippen molar-refractivity contribution in [1.82, 2.24) is 10.3 Å². The van der Waals surface area contributed by atoms with Crippen LogP contribution in [0, 0.1) is 0 Å². The van der Waals surface area contributed by atoms with Gasteiger partial charge in [0.15, 0.2) is 0 Å². The Bertz CT molecular complexity index is 1350. The van der Waals surface area contributed by atoms with Gasteiger partial charge in [-0.2, -0.15) is 17.6 Å². The van der Waals surface area contributed by atoms with Crippen molar-refractivity contribution in [3.8, 4) is 17.4 Å². The molecule has 0 atom stereocenters. The molecule has 3 rings (SSSR count). The van der Waals surface area contributed by atoms with E-state index >= 15 is 0 Å². The van der Waals surface area contributed by atoms with Gasteiger partial charge < -0.3 is 14.8 Å². The maximum Gasteiger partial charge on any atom is 0.573 e. The smallest absolute Gasteiger partial charge is 0.438 e. The Kier molecular flexibility index (Phi) is 7.43. The zero-order valence-corrected chi connectivity index (χ0v) is 18.8. The van der Waals surface area contributed by atoms with Crippen molar-refractivity contribution >= 4 is 21.6 Å². The number of alkyl halides is 6. The number of halogens is 6. The lowest BCUT2D eigenvalue weighted by Crippen LogP contribution is -2.26. The molecule has 0 radical (unpaired) electrons. The molecule has 0 fully saturated rings. The molecule has 15 heteroatoms. The minimum atomic E-state index is -4.93. The van der Waals surface area contributed by atoms with Gasteiger partial charge in [-0.15, -0.1) is 13.2 Å². The summed E-state index contributed by atoms with van der Waals surface area (Å²) in [5.41, 5.74) is -1.69. The summed E-state index contributed by atoms with van der Waals surface area (Å²) in [6.07, 6.45) is -4.48. The normalized spacial score (nSPS) is 15.4. The van der Waals surface area contributed by atoms with E-state index in [0.717, 1.165) is 30.5 Å². The molecule has 1 aliphatic rings. The Morgan fingerprint density at radius 2 is 1.72 bits per heavy atom. The topological polar surface area (TPSA) is 107 Å². The highest BCUT2D eigenvalue weighted by Crippen LogP contribution is 2.33. The highest BCUT2D eigenvalue weighted by atomic mass is 32.2. The van der Waals surface area contributed by atoms with Crippen LogP contribution in [0.4, 0.5) is 26.3 Å². The zero-order valence-electron chi connectivity index (χ0n) is 18.0. The fourth-order valence-electron chi connectivity index (χ4n) is 2.84. The number of hydrogen-bond donors (Lipinski definition) is 1. The van der Waals surface area contributed by atoms with Crippen LogP contribution in [0.5, 0.6) is 17.4 Å². The van der Waals surface area contributed by atoms with Crippen LogP contribution in [-0.4, -0.2) is 37.6 Å². The zero-order chi connectivity index (χ0) is 26.7. The number of nitrogens with one attached hydrogen (secondary N) is 1. The predicted octanol–water partition coefficient (Wildman–Crippen LogP) is 4.77. The second-order valence-electron chi connectivity index (χ2n) is 7.19. The summed E-state index contributed by atoms with van der Waals surface area (Å²) in [4.78, 5) is 16.4. The van der Waals surface area contributed by atoms with E-state index in [4.69, 9.17) is 4.74 Å². The summed E-state index contributed by atoms with van der Waals surface area (Å²) >= 11 is 0. The van der Waals surface area contributed by atoms with Crippen LogP contribution in [-0.2, 0) is 16.2 Å². The van der Waals surface area contributed by atoms with E-state index in [2.05, 4.69) is 19.4 Å². The third kappa shape index (κ3) is 7.83. The second kappa shape index (κ2) is 10.0. The van der Waals surface area contributed by atoms with E-state index in [0.29, 0.717) is 12.3 Å². The molecule has 192 valence electrons. The average molecular weight is 535 g/mol. The second-order valence-corrected chi connectivity index (χ2v) is 8.84. The molecule has 0 bridgehead atoms. The molecule has 1 heterocycles. The van der Waals surface area contributed by atoms with Crippen LogP contribution >= 0.6 is 0 Å². The molecule has 0 spiro atoms. The average Bonchev–Trinajstić information content (AvgIpc) is 2.72. The molecule has 1 aliphatic carbocycles. The van der Waals surface area contributed by atoms with Crippen molar-refractivity contribution < 1.29 is 49.0 Å². The van der Waals surface area contributed by atoms with Gasteiger partial charge in [-0.3, -0.25) is 4.79 Å². The molecular formula is C21H15F6N3O5S. The number of ether oxygens (including phenoxy) is 2. The summed E-state index contributed by atoms with van der Waals surface area (Å²) < 4.78 is 112. The first-order chi connectivity index (χ1) is 16.6. The molecule has 1 amide bonds. The van der Waals surface area contributed by atoms with Gasteiger partial charge in [0.25, 0.3) is 5.91 Å². The Balaban J connectivity index is 1.87. The number of nitrogens with zero attached hydrogens (tertiary/aromatic N) is 2. The van der Waals surface area contributed by atoms with Gasteiger partial charge in [0, 0.05) is 18.3 Å². The third-order valence-electron chi connectivity index (χ3n) is 4.21. The number of benzene rings is 1. The minimum absolute atomic E-state index is 0.0788. The molecular weight excluding hydrogens is 520 g/mol. The molecule has 0 saturated heterocycles. The van der Waals surface area contributed by atoms with Crippen LogP contribution in [0.3, 0.4) is 0 Å². The molecule has 2 aromatic rings. The highest BCUT2D eigenvalue weighted by Gasteiger charge is 2.33. The fraction of sp³-hybridized carbons (Fsp3) is 0.190. The first kappa shape index (κ1) is 26.7. The van der Waals surface area contributed by atoms with Crippen LogP contribution in [0.15, 0.2) is 64.9 Å². The van der Waals surface area contributed by atoms with E-state index in [1.54, 1.807) is 0 Å². The molecule has 8 nitrogen and oxygen atoms in total.